The van der Waals surface area contributed by atoms with E-state index in [1.54, 1.807) is 12.2 Å². The van der Waals surface area contributed by atoms with Crippen LogP contribution >= 0.6 is 0 Å². The molecule has 0 bridgehead atoms. The number of allylic oxidation sites excluding steroid dienone is 3. The van der Waals surface area contributed by atoms with Gasteiger partial charge < -0.3 is 0 Å². The molecular weight excluding hydrogens is 654 g/mol. The molecule has 0 aliphatic rings. The van der Waals surface area contributed by atoms with Gasteiger partial charge in [-0.3, -0.25) is 0 Å². The number of halogens is 3. The van der Waals surface area contributed by atoms with Crippen molar-refractivity contribution in [3.8, 4) is 0 Å². The Kier molecular flexibility index (Phi) is 10.4. The Hall–Kier alpha value is -3.91. The van der Waals surface area contributed by atoms with Crippen molar-refractivity contribution in [1.29, 1.82) is 0 Å². The van der Waals surface area contributed by atoms with Crippen molar-refractivity contribution in [2.45, 2.75) is 32.0 Å². The first-order chi connectivity index (χ1) is 22.1. The Bertz CT molecular complexity index is 1600. The van der Waals surface area contributed by atoms with E-state index < -0.39 is 32.2 Å². The molecule has 5 aromatic carbocycles. The molecule has 0 saturated carbocycles. The van der Waals surface area contributed by atoms with Crippen molar-refractivity contribution in [2.24, 2.45) is 0 Å². The molecule has 0 aliphatic heterocycles. The summed E-state index contributed by atoms with van der Waals surface area (Å²) >= 11 is -4.52. The summed E-state index contributed by atoms with van der Waals surface area (Å²) in [7, 11) is -2.84. The number of rotatable bonds is 10. The number of benzene rings is 5. The van der Waals surface area contributed by atoms with Crippen LogP contribution in [0.15, 0.2) is 174 Å². The van der Waals surface area contributed by atoms with Crippen molar-refractivity contribution in [3.05, 3.63) is 174 Å². The van der Waals surface area contributed by atoms with Gasteiger partial charge in [0.1, 0.15) is 0 Å². The van der Waals surface area contributed by atoms with Crippen molar-refractivity contribution >= 4 is 45.1 Å². The van der Waals surface area contributed by atoms with Gasteiger partial charge in [-0.25, -0.2) is 0 Å². The Balaban J connectivity index is 1.63. The first-order valence-corrected chi connectivity index (χ1v) is 21.6. The summed E-state index contributed by atoms with van der Waals surface area (Å²) in [6.45, 7) is 6.74. The average Bonchev–Trinajstić information content (AvgIpc) is 3.07. The Morgan fingerprint density at radius 1 is 0.587 bits per heavy atom. The molecule has 5 aromatic rings. The normalized spacial score (nSPS) is 13.2. The summed E-state index contributed by atoms with van der Waals surface area (Å²) in [6.07, 6.45) is 0.0287. The van der Waals surface area contributed by atoms with E-state index in [2.05, 4.69) is 45.0 Å². The third-order valence-corrected chi connectivity index (χ3v) is 23.7. The molecule has 0 unspecified atom stereocenters. The summed E-state index contributed by atoms with van der Waals surface area (Å²) in [5.41, 5.74) is 0. The van der Waals surface area contributed by atoms with E-state index in [1.165, 1.54) is 6.08 Å². The van der Waals surface area contributed by atoms with Gasteiger partial charge >= 0.3 is 276 Å². The Morgan fingerprint density at radius 3 is 1.26 bits per heavy atom. The Labute approximate surface area is 274 Å². The van der Waals surface area contributed by atoms with Crippen LogP contribution in [0.25, 0.3) is 0 Å². The summed E-state index contributed by atoms with van der Waals surface area (Å²) in [5.74, 6) is 0. The molecule has 5 rings (SSSR count). The second-order valence-corrected chi connectivity index (χ2v) is 24.5. The van der Waals surface area contributed by atoms with Crippen LogP contribution in [-0.2, 0) is 4.43 Å². The van der Waals surface area contributed by atoms with Gasteiger partial charge in [0.05, 0.1) is 0 Å². The van der Waals surface area contributed by atoms with Crippen LogP contribution < -0.4 is 23.6 Å². The second kappa shape index (κ2) is 14.2. The topological polar surface area (TPSA) is 9.23 Å². The molecule has 0 fully saturated rings. The van der Waals surface area contributed by atoms with E-state index in [4.69, 9.17) is 4.43 Å². The van der Waals surface area contributed by atoms with Crippen LogP contribution in [0.5, 0.6) is 0 Å². The molecule has 0 radical (unpaired) electrons. The molecule has 0 spiro atoms. The van der Waals surface area contributed by atoms with Gasteiger partial charge in [-0.2, -0.15) is 0 Å². The summed E-state index contributed by atoms with van der Waals surface area (Å²) < 4.78 is 55.1. The van der Waals surface area contributed by atoms with E-state index in [-0.39, 0.29) is 11.6 Å². The van der Waals surface area contributed by atoms with E-state index in [9.17, 15) is 0 Å². The van der Waals surface area contributed by atoms with Gasteiger partial charge in [0.2, 0.25) is 0 Å². The summed E-state index contributed by atoms with van der Waals surface area (Å²) in [6, 6.07) is 48.2. The molecule has 46 heavy (non-hydrogen) atoms. The first kappa shape index (κ1) is 33.5. The van der Waals surface area contributed by atoms with E-state index >= 15 is 13.2 Å². The van der Waals surface area contributed by atoms with Gasteiger partial charge in [0.15, 0.2) is 0 Å². The standard InChI is InChI=1S/C40H39F3GeOSi/c1-39(2,3)46(36-27-15-7-16-28-36,37-29-17-8-18-30-37)45-32-20-19-31-38(40(41,42)43)44(33-21-9-4-10-22-33,34-23-11-5-12-24-34)35-25-13-6-14-26-35/h4-31H,32H2,1-3H3/b20-19+,38-31+. The molecule has 0 amide bonds. The molecule has 1 nitrogen and oxygen atoms in total. The molecule has 0 atom stereocenters. The van der Waals surface area contributed by atoms with E-state index in [0.717, 1.165) is 23.6 Å². The zero-order valence-electron chi connectivity index (χ0n) is 26.4. The van der Waals surface area contributed by atoms with Gasteiger partial charge in [-0.05, 0) is 0 Å². The molecular formula is C40H39F3GeOSi. The van der Waals surface area contributed by atoms with Crippen LogP contribution in [0.1, 0.15) is 20.8 Å². The SMILES string of the molecule is CC(C)(C)[Si](OC/C=C/C=[C](\C(F)(F)F)[Ge]([c]1ccccc1)([c]1ccccc1)[c]1ccccc1)(c1ccccc1)c1ccccc1. The molecule has 234 valence electrons. The zero-order valence-corrected chi connectivity index (χ0v) is 29.5. The minimum absolute atomic E-state index is 0.178. The number of hydrogen-bond acceptors (Lipinski definition) is 1. The van der Waals surface area contributed by atoms with Crippen LogP contribution in [0.2, 0.25) is 5.04 Å². The fourth-order valence-corrected chi connectivity index (χ4v) is 21.2. The van der Waals surface area contributed by atoms with E-state index in [1.807, 2.05) is 127 Å². The quantitative estimate of drug-likeness (QED) is 0.110. The van der Waals surface area contributed by atoms with Crippen molar-refractivity contribution in [3.63, 3.8) is 0 Å². The van der Waals surface area contributed by atoms with Crippen LogP contribution in [0, 0.1) is 0 Å². The zero-order chi connectivity index (χ0) is 32.7. The fourth-order valence-electron chi connectivity index (χ4n) is 6.62. The number of hydrogen-bond donors (Lipinski definition) is 0. The average molecular weight is 693 g/mol. The van der Waals surface area contributed by atoms with Crippen LogP contribution in [-0.4, -0.2) is 34.4 Å². The monoisotopic (exact) mass is 694 g/mol. The molecule has 0 aliphatic carbocycles. The van der Waals surface area contributed by atoms with Gasteiger partial charge in [0, 0.05) is 0 Å². The second-order valence-electron chi connectivity index (χ2n) is 12.3. The van der Waals surface area contributed by atoms with Gasteiger partial charge in [-0.15, -0.1) is 0 Å². The van der Waals surface area contributed by atoms with Crippen LogP contribution in [0.4, 0.5) is 13.2 Å². The summed E-state index contributed by atoms with van der Waals surface area (Å²) in [5, 5.41) is 2.01. The van der Waals surface area contributed by atoms with Crippen LogP contribution in [0.3, 0.4) is 0 Å². The van der Waals surface area contributed by atoms with Crippen molar-refractivity contribution in [2.75, 3.05) is 6.61 Å². The van der Waals surface area contributed by atoms with Crippen molar-refractivity contribution in [1.82, 2.24) is 0 Å². The fraction of sp³-hybridized carbons (Fsp3) is 0.150. The van der Waals surface area contributed by atoms with Gasteiger partial charge in [0.25, 0.3) is 0 Å². The Morgan fingerprint density at radius 2 is 0.935 bits per heavy atom. The predicted octanol–water partition coefficient (Wildman–Crippen LogP) is 7.32. The third kappa shape index (κ3) is 6.63. The van der Waals surface area contributed by atoms with Gasteiger partial charge in [-0.1, -0.05) is 0 Å². The maximum absolute atomic E-state index is 15.5. The third-order valence-electron chi connectivity index (χ3n) is 8.54. The molecule has 0 saturated heterocycles. The number of alkyl halides is 3. The minimum atomic E-state index is -4.56. The van der Waals surface area contributed by atoms with E-state index in [0.29, 0.717) is 0 Å². The molecule has 0 N–H and O–H groups in total. The maximum atomic E-state index is 15.5. The molecule has 6 heteroatoms. The first-order valence-electron chi connectivity index (χ1n) is 15.5. The predicted molar refractivity (Wildman–Crippen MR) is 191 cm³/mol. The summed E-state index contributed by atoms with van der Waals surface area (Å²) in [4.78, 5) is 0. The molecule has 0 aromatic heterocycles. The molecule has 0 heterocycles. The van der Waals surface area contributed by atoms with Crippen molar-refractivity contribution < 1.29 is 17.6 Å².